The third-order valence-electron chi connectivity index (χ3n) is 7.50. The van der Waals surface area contributed by atoms with Crippen LogP contribution in [-0.4, -0.2) is 34.8 Å². The number of benzene rings is 3. The average molecular weight is 610 g/mol. The quantitative estimate of drug-likeness (QED) is 0.207. The van der Waals surface area contributed by atoms with Gasteiger partial charge in [0.2, 0.25) is 5.91 Å². The predicted octanol–water partition coefficient (Wildman–Crippen LogP) is 6.82. The van der Waals surface area contributed by atoms with Gasteiger partial charge in [-0.3, -0.25) is 4.79 Å². The molecule has 41 heavy (non-hydrogen) atoms. The number of carbonyl (C=O) groups excluding carboxylic acids is 1. The fourth-order valence-electron chi connectivity index (χ4n) is 5.08. The van der Waals surface area contributed by atoms with Crippen LogP contribution >= 0.6 is 23.2 Å². The molecule has 1 aliphatic rings. The number of hydrogen-bond donors (Lipinski definition) is 1. The minimum atomic E-state index is -3.32. The molecule has 1 fully saturated rings. The third kappa shape index (κ3) is 5.14. The van der Waals surface area contributed by atoms with E-state index in [1.807, 2.05) is 31.2 Å². The van der Waals surface area contributed by atoms with Gasteiger partial charge in [-0.25, -0.2) is 8.42 Å². The third-order valence-corrected chi connectivity index (χ3v) is 9.83. The van der Waals surface area contributed by atoms with E-state index in [0.29, 0.717) is 33.0 Å². The number of halogens is 2. The highest BCUT2D eigenvalue weighted by atomic mass is 35.5. The maximum absolute atomic E-state index is 12.9. The van der Waals surface area contributed by atoms with Gasteiger partial charge in [0.05, 0.1) is 16.1 Å². The number of rotatable bonds is 8. The van der Waals surface area contributed by atoms with Gasteiger partial charge in [-0.05, 0) is 68.3 Å². The predicted molar refractivity (Wildman–Crippen MR) is 159 cm³/mol. The van der Waals surface area contributed by atoms with E-state index >= 15 is 0 Å². The van der Waals surface area contributed by atoms with Gasteiger partial charge in [-0.1, -0.05) is 53.0 Å². The molecule has 0 bridgehead atoms. The Balaban J connectivity index is 1.20. The fraction of sp³-hybridized carbons (Fsp3) is 0.233. The lowest BCUT2D eigenvalue weighted by Crippen LogP contribution is -2.19. The van der Waals surface area contributed by atoms with Gasteiger partial charge < -0.3 is 14.4 Å². The Morgan fingerprint density at radius 1 is 1.05 bits per heavy atom. The molecule has 1 aliphatic carbocycles. The number of anilines is 1. The monoisotopic (exact) mass is 608 g/mol. The molecule has 0 spiro atoms. The number of aryl methyl sites for hydroxylation is 1. The van der Waals surface area contributed by atoms with Gasteiger partial charge in [0.1, 0.15) is 6.54 Å². The van der Waals surface area contributed by atoms with Crippen molar-refractivity contribution in [1.82, 2.24) is 14.7 Å². The highest BCUT2D eigenvalue weighted by molar-refractivity contribution is 7.91. The molecule has 0 aliphatic heterocycles. The zero-order chi connectivity index (χ0) is 28.9. The maximum Gasteiger partial charge on any atom is 0.257 e. The molecule has 0 radical (unpaired) electrons. The molecule has 8 nitrogen and oxygen atoms in total. The second kappa shape index (κ2) is 10.3. The second-order valence-electron chi connectivity index (χ2n) is 10.3. The number of carbonyl (C=O) groups is 1. The average Bonchev–Trinajstić information content (AvgIpc) is 3.38. The zero-order valence-electron chi connectivity index (χ0n) is 22.3. The number of hydrogen-bond acceptors (Lipinski definition) is 6. The molecule has 2 aromatic heterocycles. The van der Waals surface area contributed by atoms with Crippen molar-refractivity contribution in [3.05, 3.63) is 93.9 Å². The summed E-state index contributed by atoms with van der Waals surface area (Å²) in [4.78, 5) is 17.9. The SMILES string of the molecule is CCS(=O)(=O)c1ccc2c(ccn2CC(=O)Nc2cc(Cl)c(C3(c4noc(-c5ccc(C)cc5)n4)CC3)c(Cl)c2)c1. The van der Waals surface area contributed by atoms with E-state index in [1.54, 1.807) is 54.1 Å². The van der Waals surface area contributed by atoms with Crippen molar-refractivity contribution in [3.63, 3.8) is 0 Å². The Morgan fingerprint density at radius 3 is 2.41 bits per heavy atom. The summed E-state index contributed by atoms with van der Waals surface area (Å²) in [5, 5.41) is 8.68. The van der Waals surface area contributed by atoms with E-state index in [9.17, 15) is 13.2 Å². The minimum Gasteiger partial charge on any atom is -0.338 e. The number of sulfone groups is 1. The van der Waals surface area contributed by atoms with Crippen LogP contribution in [0.15, 0.2) is 76.3 Å². The molecule has 6 rings (SSSR count). The van der Waals surface area contributed by atoms with E-state index in [1.165, 1.54) is 0 Å². The second-order valence-corrected chi connectivity index (χ2v) is 13.4. The van der Waals surface area contributed by atoms with Crippen molar-refractivity contribution in [2.24, 2.45) is 0 Å². The van der Waals surface area contributed by atoms with Gasteiger partial charge in [-0.2, -0.15) is 4.98 Å². The minimum absolute atomic E-state index is 0.0228. The first-order valence-electron chi connectivity index (χ1n) is 13.1. The first kappa shape index (κ1) is 27.5. The van der Waals surface area contributed by atoms with Crippen molar-refractivity contribution in [2.45, 2.75) is 43.5 Å². The number of nitrogens with zero attached hydrogens (tertiary/aromatic N) is 3. The van der Waals surface area contributed by atoms with Crippen LogP contribution in [0.4, 0.5) is 5.69 Å². The molecule has 3 aromatic carbocycles. The summed E-state index contributed by atoms with van der Waals surface area (Å²) < 4.78 is 31.8. The number of nitrogens with one attached hydrogen (secondary N) is 1. The lowest BCUT2D eigenvalue weighted by atomic mass is 9.94. The van der Waals surface area contributed by atoms with Crippen LogP contribution < -0.4 is 5.32 Å². The van der Waals surface area contributed by atoms with E-state index in [-0.39, 0.29) is 23.1 Å². The maximum atomic E-state index is 12.9. The van der Waals surface area contributed by atoms with E-state index in [4.69, 9.17) is 27.7 Å². The number of amides is 1. The van der Waals surface area contributed by atoms with Crippen molar-refractivity contribution in [3.8, 4) is 11.5 Å². The molecular formula is C30H26Cl2N4O4S. The van der Waals surface area contributed by atoms with Gasteiger partial charge >= 0.3 is 0 Å². The van der Waals surface area contributed by atoms with Gasteiger partial charge in [-0.15, -0.1) is 0 Å². The van der Waals surface area contributed by atoms with Gasteiger partial charge in [0, 0.05) is 44.0 Å². The molecule has 2 heterocycles. The van der Waals surface area contributed by atoms with Crippen LogP contribution in [0.1, 0.15) is 36.7 Å². The Labute approximate surface area is 247 Å². The smallest absolute Gasteiger partial charge is 0.257 e. The van der Waals surface area contributed by atoms with Crippen molar-refractivity contribution < 1.29 is 17.7 Å². The molecule has 210 valence electrons. The Hall–Kier alpha value is -3.66. The summed E-state index contributed by atoms with van der Waals surface area (Å²) in [6, 6.07) is 17.9. The Kier molecular flexibility index (Phi) is 6.92. The van der Waals surface area contributed by atoms with Crippen LogP contribution in [0.3, 0.4) is 0 Å². The van der Waals surface area contributed by atoms with Gasteiger partial charge in [0.25, 0.3) is 5.89 Å². The molecule has 5 aromatic rings. The first-order chi connectivity index (χ1) is 19.6. The van der Waals surface area contributed by atoms with Crippen LogP contribution in [-0.2, 0) is 26.6 Å². The first-order valence-corrected chi connectivity index (χ1v) is 15.5. The fourth-order valence-corrected chi connectivity index (χ4v) is 6.84. The van der Waals surface area contributed by atoms with Crippen LogP contribution in [0, 0.1) is 6.92 Å². The summed E-state index contributed by atoms with van der Waals surface area (Å²) in [6.07, 6.45) is 3.29. The highest BCUT2D eigenvalue weighted by Gasteiger charge is 2.52. The van der Waals surface area contributed by atoms with Crippen LogP contribution in [0.25, 0.3) is 22.4 Å². The summed E-state index contributed by atoms with van der Waals surface area (Å²) in [5.41, 5.74) is 3.36. The molecule has 1 amide bonds. The lowest BCUT2D eigenvalue weighted by Gasteiger charge is -2.17. The van der Waals surface area contributed by atoms with E-state index < -0.39 is 15.3 Å². The van der Waals surface area contributed by atoms with Crippen LogP contribution in [0.2, 0.25) is 10.0 Å². The number of fused-ring (bicyclic) bond motifs is 1. The standard InChI is InChI=1S/C30H26Cl2N4O4S/c1-3-41(38,39)22-8-9-25-20(14-22)10-13-36(25)17-26(37)33-21-15-23(31)27(24(32)16-21)30(11-12-30)29-34-28(40-35-29)19-6-4-18(2)5-7-19/h4-10,13-16H,3,11-12,17H2,1-2H3,(H,33,37). The highest BCUT2D eigenvalue weighted by Crippen LogP contribution is 2.57. The van der Waals surface area contributed by atoms with Crippen molar-refractivity contribution in [2.75, 3.05) is 11.1 Å². The van der Waals surface area contributed by atoms with E-state index in [0.717, 1.165) is 34.9 Å². The molecule has 0 atom stereocenters. The van der Waals surface area contributed by atoms with Gasteiger partial charge in [0.15, 0.2) is 15.7 Å². The van der Waals surface area contributed by atoms with Crippen molar-refractivity contribution >= 4 is 55.5 Å². The van der Waals surface area contributed by atoms with Crippen LogP contribution in [0.5, 0.6) is 0 Å². The summed E-state index contributed by atoms with van der Waals surface area (Å²) >= 11 is 13.5. The molecule has 11 heteroatoms. The number of aromatic nitrogens is 3. The Bertz CT molecular complexity index is 1890. The summed E-state index contributed by atoms with van der Waals surface area (Å²) in [6.45, 7) is 3.65. The largest absolute Gasteiger partial charge is 0.338 e. The lowest BCUT2D eigenvalue weighted by molar-refractivity contribution is -0.116. The molecule has 1 N–H and O–H groups in total. The van der Waals surface area contributed by atoms with Crippen molar-refractivity contribution in [1.29, 1.82) is 0 Å². The Morgan fingerprint density at radius 2 is 1.76 bits per heavy atom. The molecule has 1 saturated carbocycles. The summed E-state index contributed by atoms with van der Waals surface area (Å²) in [7, 11) is -3.32. The molecule has 0 unspecified atom stereocenters. The molecule has 0 saturated heterocycles. The topological polar surface area (TPSA) is 107 Å². The van der Waals surface area contributed by atoms with E-state index in [2.05, 4.69) is 15.5 Å². The molecular weight excluding hydrogens is 583 g/mol. The summed E-state index contributed by atoms with van der Waals surface area (Å²) in [5.74, 6) is 0.705. The normalized spacial score (nSPS) is 14.3. The zero-order valence-corrected chi connectivity index (χ0v) is 24.6.